The van der Waals surface area contributed by atoms with Gasteiger partial charge in [0.15, 0.2) is 0 Å². The molecule has 3 aromatic carbocycles. The number of carbonyl (C=O) groups excluding carboxylic acids is 2. The van der Waals surface area contributed by atoms with Gasteiger partial charge < -0.3 is 14.8 Å². The van der Waals surface area contributed by atoms with Crippen molar-refractivity contribution >= 4 is 46.2 Å². The Balaban J connectivity index is 1.51. The molecule has 36 heavy (non-hydrogen) atoms. The number of nitrogens with one attached hydrogen (secondary N) is 1. The first kappa shape index (κ1) is 24.5. The Labute approximate surface area is 220 Å². The molecule has 0 aliphatic carbocycles. The summed E-state index contributed by atoms with van der Waals surface area (Å²) < 4.78 is 2.12. The van der Waals surface area contributed by atoms with Crippen LogP contribution in [0.5, 0.6) is 0 Å². The van der Waals surface area contributed by atoms with E-state index < -0.39 is 6.04 Å². The second kappa shape index (κ2) is 10.8. The van der Waals surface area contributed by atoms with Crippen molar-refractivity contribution in [1.29, 1.82) is 0 Å². The monoisotopic (exact) mass is 515 g/mol. The smallest absolute Gasteiger partial charge is 0.247 e. The number of benzene rings is 3. The van der Waals surface area contributed by atoms with Gasteiger partial charge in [-0.2, -0.15) is 0 Å². The van der Waals surface area contributed by atoms with E-state index in [1.807, 2.05) is 49.5 Å². The van der Waals surface area contributed by atoms with E-state index in [9.17, 15) is 9.59 Å². The Kier molecular flexibility index (Phi) is 7.39. The standard InChI is InChI=1S/C29H29N3O2S2/c1-31-24-11-7-6-10-23(24)26-27(28(34)30-18-21-8-4-3-5-9-21)32(25(33)19-36-29(26)31)17-16-20-12-14-22(35-2)15-13-20/h3-15,27H,16-19H2,1-2H3,(H,30,34)/t27-/m1/s1. The molecule has 5 rings (SSSR count). The van der Waals surface area contributed by atoms with Gasteiger partial charge in [0.2, 0.25) is 11.8 Å². The Bertz CT molecular complexity index is 1380. The van der Waals surface area contributed by atoms with Crippen LogP contribution in [0, 0.1) is 0 Å². The van der Waals surface area contributed by atoms with Gasteiger partial charge in [-0.25, -0.2) is 0 Å². The molecule has 184 valence electrons. The quantitative estimate of drug-likeness (QED) is 0.333. The Morgan fingerprint density at radius 3 is 2.47 bits per heavy atom. The van der Waals surface area contributed by atoms with Gasteiger partial charge in [-0.3, -0.25) is 9.59 Å². The SMILES string of the molecule is CSc1ccc(CCN2C(=O)CSc3c(c4ccccc4n3C)[C@@H]2C(=O)NCc2ccccc2)cc1. The first-order chi connectivity index (χ1) is 17.6. The zero-order valence-electron chi connectivity index (χ0n) is 20.4. The summed E-state index contributed by atoms with van der Waals surface area (Å²) in [7, 11) is 2.01. The molecule has 5 nitrogen and oxygen atoms in total. The first-order valence-electron chi connectivity index (χ1n) is 12.0. The molecule has 0 fully saturated rings. The minimum Gasteiger partial charge on any atom is -0.350 e. The summed E-state index contributed by atoms with van der Waals surface area (Å²) in [6.07, 6.45) is 2.75. The number of nitrogens with zero attached hydrogens (tertiary/aromatic N) is 2. The Morgan fingerprint density at radius 1 is 1.00 bits per heavy atom. The van der Waals surface area contributed by atoms with Crippen LogP contribution in [-0.4, -0.2) is 39.8 Å². The Morgan fingerprint density at radius 2 is 1.72 bits per heavy atom. The van der Waals surface area contributed by atoms with Crippen LogP contribution in [0.2, 0.25) is 0 Å². The molecule has 1 aliphatic rings. The maximum absolute atomic E-state index is 13.9. The van der Waals surface area contributed by atoms with Crippen LogP contribution in [0.4, 0.5) is 0 Å². The van der Waals surface area contributed by atoms with Crippen LogP contribution in [0.25, 0.3) is 10.9 Å². The number of aromatic nitrogens is 1. The van der Waals surface area contributed by atoms with E-state index in [1.54, 1.807) is 16.7 Å². The fourth-order valence-electron chi connectivity index (χ4n) is 4.80. The van der Waals surface area contributed by atoms with Crippen molar-refractivity contribution in [1.82, 2.24) is 14.8 Å². The van der Waals surface area contributed by atoms with E-state index in [2.05, 4.69) is 52.5 Å². The lowest BCUT2D eigenvalue weighted by atomic mass is 10.0. The van der Waals surface area contributed by atoms with E-state index in [4.69, 9.17) is 0 Å². The van der Waals surface area contributed by atoms with E-state index in [0.717, 1.165) is 32.6 Å². The number of rotatable bonds is 7. The largest absolute Gasteiger partial charge is 0.350 e. The number of hydrogen-bond acceptors (Lipinski definition) is 4. The van der Waals surface area contributed by atoms with Crippen LogP contribution in [0.15, 0.2) is 88.8 Å². The van der Waals surface area contributed by atoms with Crippen molar-refractivity contribution in [3.05, 3.63) is 95.6 Å². The average molecular weight is 516 g/mol. The molecule has 0 unspecified atom stereocenters. The average Bonchev–Trinajstić information content (AvgIpc) is 3.10. The maximum Gasteiger partial charge on any atom is 0.247 e. The van der Waals surface area contributed by atoms with Gasteiger partial charge in [0.1, 0.15) is 6.04 Å². The van der Waals surface area contributed by atoms with Gasteiger partial charge in [0, 0.05) is 41.5 Å². The summed E-state index contributed by atoms with van der Waals surface area (Å²) in [6, 6.07) is 25.7. The van der Waals surface area contributed by atoms with Crippen LogP contribution in [-0.2, 0) is 29.6 Å². The second-order valence-electron chi connectivity index (χ2n) is 8.87. The van der Waals surface area contributed by atoms with Crippen LogP contribution >= 0.6 is 23.5 Å². The molecule has 0 saturated heterocycles. The molecule has 1 atom stereocenters. The predicted octanol–water partition coefficient (Wildman–Crippen LogP) is 5.43. The molecular formula is C29H29N3O2S2. The molecule has 4 aromatic rings. The summed E-state index contributed by atoms with van der Waals surface area (Å²) in [5, 5.41) is 5.12. The van der Waals surface area contributed by atoms with Gasteiger partial charge in [0.05, 0.1) is 10.8 Å². The molecule has 1 aliphatic heterocycles. The molecule has 0 saturated carbocycles. The molecule has 2 amide bonds. The van der Waals surface area contributed by atoms with Crippen molar-refractivity contribution in [2.45, 2.75) is 28.9 Å². The minimum absolute atomic E-state index is 0.0131. The lowest BCUT2D eigenvalue weighted by molar-refractivity contribution is -0.138. The lowest BCUT2D eigenvalue weighted by Gasteiger charge is -2.30. The van der Waals surface area contributed by atoms with E-state index in [1.165, 1.54) is 16.7 Å². The fraction of sp³-hybridized carbons (Fsp3) is 0.241. The molecule has 1 N–H and O–H groups in total. The Hall–Kier alpha value is -3.16. The number of thioether (sulfide) groups is 2. The number of carbonyl (C=O) groups is 2. The number of fused-ring (bicyclic) bond motifs is 3. The van der Waals surface area contributed by atoms with Crippen LogP contribution in [0.3, 0.4) is 0 Å². The predicted molar refractivity (Wildman–Crippen MR) is 148 cm³/mol. The molecule has 2 heterocycles. The van der Waals surface area contributed by atoms with E-state index in [0.29, 0.717) is 25.3 Å². The third-order valence-corrected chi connectivity index (χ3v) is 8.59. The molecule has 7 heteroatoms. The molecule has 0 bridgehead atoms. The van der Waals surface area contributed by atoms with Gasteiger partial charge >= 0.3 is 0 Å². The number of para-hydroxylation sites is 1. The van der Waals surface area contributed by atoms with Gasteiger partial charge in [-0.1, -0.05) is 72.4 Å². The van der Waals surface area contributed by atoms with Crippen LogP contribution in [0.1, 0.15) is 22.7 Å². The third kappa shape index (κ3) is 4.90. The molecule has 0 radical (unpaired) electrons. The van der Waals surface area contributed by atoms with Crippen molar-refractivity contribution < 1.29 is 9.59 Å². The zero-order chi connectivity index (χ0) is 25.1. The van der Waals surface area contributed by atoms with Crippen molar-refractivity contribution in [2.24, 2.45) is 7.05 Å². The number of amides is 2. The number of hydrogen-bond donors (Lipinski definition) is 1. The van der Waals surface area contributed by atoms with Gasteiger partial charge in [0.25, 0.3) is 0 Å². The molecular weight excluding hydrogens is 486 g/mol. The van der Waals surface area contributed by atoms with E-state index in [-0.39, 0.29) is 11.8 Å². The lowest BCUT2D eigenvalue weighted by Crippen LogP contribution is -2.44. The van der Waals surface area contributed by atoms with Gasteiger partial charge in [-0.05, 0) is 42.0 Å². The highest BCUT2D eigenvalue weighted by Crippen LogP contribution is 2.41. The van der Waals surface area contributed by atoms with Crippen LogP contribution < -0.4 is 5.32 Å². The summed E-state index contributed by atoms with van der Waals surface area (Å²) in [5.41, 5.74) is 4.17. The molecule has 1 aromatic heterocycles. The summed E-state index contributed by atoms with van der Waals surface area (Å²) in [6.45, 7) is 0.895. The summed E-state index contributed by atoms with van der Waals surface area (Å²) in [4.78, 5) is 30.3. The zero-order valence-corrected chi connectivity index (χ0v) is 22.1. The van der Waals surface area contributed by atoms with E-state index >= 15 is 0 Å². The third-order valence-electron chi connectivity index (χ3n) is 6.69. The summed E-state index contributed by atoms with van der Waals surface area (Å²) >= 11 is 3.23. The highest BCUT2D eigenvalue weighted by molar-refractivity contribution is 8.00. The normalized spacial score (nSPS) is 15.6. The molecule has 0 spiro atoms. The van der Waals surface area contributed by atoms with Crippen molar-refractivity contribution in [3.8, 4) is 0 Å². The number of aryl methyl sites for hydroxylation is 1. The van der Waals surface area contributed by atoms with Crippen molar-refractivity contribution in [2.75, 3.05) is 18.6 Å². The maximum atomic E-state index is 13.9. The van der Waals surface area contributed by atoms with Crippen molar-refractivity contribution in [3.63, 3.8) is 0 Å². The fourth-order valence-corrected chi connectivity index (χ4v) is 6.30. The summed E-state index contributed by atoms with van der Waals surface area (Å²) in [5.74, 6) is 0.149. The first-order valence-corrected chi connectivity index (χ1v) is 14.2. The topological polar surface area (TPSA) is 54.3 Å². The minimum atomic E-state index is -0.692. The second-order valence-corrected chi connectivity index (χ2v) is 10.7. The highest BCUT2D eigenvalue weighted by atomic mass is 32.2. The van der Waals surface area contributed by atoms with Gasteiger partial charge in [-0.15, -0.1) is 11.8 Å². The highest BCUT2D eigenvalue weighted by Gasteiger charge is 2.38.